The fourth-order valence-electron chi connectivity index (χ4n) is 5.00. The molecule has 1 aromatic carbocycles. The molecule has 0 bridgehead atoms. The van der Waals surface area contributed by atoms with Gasteiger partial charge in [-0.15, -0.1) is 0 Å². The van der Waals surface area contributed by atoms with Crippen LogP contribution in [0.15, 0.2) is 73.1 Å². The monoisotopic (exact) mass is 477 g/mol. The summed E-state index contributed by atoms with van der Waals surface area (Å²) in [7, 11) is 0. The lowest BCUT2D eigenvalue weighted by atomic mass is 10.1. The van der Waals surface area contributed by atoms with Gasteiger partial charge < -0.3 is 9.13 Å². The molecule has 0 atom stereocenters. The van der Waals surface area contributed by atoms with Crippen LogP contribution in [0.2, 0.25) is 0 Å². The molecule has 5 nitrogen and oxygen atoms in total. The highest BCUT2D eigenvalue weighted by molar-refractivity contribution is 5.44. The predicted octanol–water partition coefficient (Wildman–Crippen LogP) is 6.63. The van der Waals surface area contributed by atoms with Gasteiger partial charge in [-0.05, 0) is 101 Å². The third-order valence-electron chi connectivity index (χ3n) is 6.93. The van der Waals surface area contributed by atoms with Crippen molar-refractivity contribution >= 4 is 0 Å². The van der Waals surface area contributed by atoms with Gasteiger partial charge in [0.1, 0.15) is 11.6 Å². The van der Waals surface area contributed by atoms with Crippen LogP contribution in [-0.4, -0.2) is 23.9 Å². The Morgan fingerprint density at radius 3 is 1.75 bits per heavy atom. The minimum atomic E-state index is 0.819. The molecular formula is C31H35N5. The molecule has 0 fully saturated rings. The summed E-state index contributed by atoms with van der Waals surface area (Å²) < 4.78 is 6.54. The minimum absolute atomic E-state index is 0.819. The van der Waals surface area contributed by atoms with Gasteiger partial charge in [-0.1, -0.05) is 29.8 Å². The molecule has 0 aliphatic heterocycles. The molecule has 0 unspecified atom stereocenters. The van der Waals surface area contributed by atoms with E-state index in [4.69, 9.17) is 4.98 Å². The summed E-state index contributed by atoms with van der Waals surface area (Å²) in [6.07, 6.45) is 7.15. The number of hydrogen-bond donors (Lipinski definition) is 0. The van der Waals surface area contributed by atoms with Crippen LogP contribution in [0.5, 0.6) is 0 Å². The number of hydrogen-bond acceptors (Lipinski definition) is 2. The molecule has 0 aliphatic rings. The number of aryl methyl sites for hydroxylation is 7. The number of rotatable bonds is 8. The van der Waals surface area contributed by atoms with E-state index in [1.54, 1.807) is 0 Å². The van der Waals surface area contributed by atoms with Gasteiger partial charge in [0.2, 0.25) is 0 Å². The lowest BCUT2D eigenvalue weighted by molar-refractivity contribution is 0.578. The molecular weight excluding hydrogens is 442 g/mol. The zero-order valence-corrected chi connectivity index (χ0v) is 22.0. The quantitative estimate of drug-likeness (QED) is 0.252. The van der Waals surface area contributed by atoms with Gasteiger partial charge in [0, 0.05) is 41.9 Å². The maximum absolute atomic E-state index is 5.09. The van der Waals surface area contributed by atoms with Crippen molar-refractivity contribution < 1.29 is 0 Å². The zero-order valence-electron chi connectivity index (χ0n) is 22.0. The summed E-state index contributed by atoms with van der Waals surface area (Å²) in [6, 6.07) is 21.9. The molecule has 0 radical (unpaired) electrons. The van der Waals surface area contributed by atoms with E-state index in [1.165, 1.54) is 45.0 Å². The number of benzene rings is 1. The number of pyridine rings is 1. The molecule has 36 heavy (non-hydrogen) atoms. The van der Waals surface area contributed by atoms with E-state index in [0.29, 0.717) is 0 Å². The third kappa shape index (κ3) is 5.06. The van der Waals surface area contributed by atoms with E-state index in [2.05, 4.69) is 120 Å². The average molecular weight is 478 g/mol. The Morgan fingerprint density at radius 1 is 0.639 bits per heavy atom. The maximum Gasteiger partial charge on any atom is 0.139 e. The molecule has 5 aromatic rings. The van der Waals surface area contributed by atoms with E-state index in [9.17, 15) is 0 Å². The van der Waals surface area contributed by atoms with Gasteiger partial charge in [-0.2, -0.15) is 5.10 Å². The van der Waals surface area contributed by atoms with Crippen LogP contribution in [0.25, 0.3) is 11.6 Å². The number of nitrogens with zero attached hydrogens (tertiary/aromatic N) is 5. The summed E-state index contributed by atoms with van der Waals surface area (Å²) in [6.45, 7) is 11.6. The first-order valence-corrected chi connectivity index (χ1v) is 12.8. The lowest BCUT2D eigenvalue weighted by Gasteiger charge is -2.15. The Morgan fingerprint density at radius 2 is 1.19 bits per heavy atom. The Kier molecular flexibility index (Phi) is 6.64. The SMILES string of the molecule is Cc1ccc(CCCn2cc(Cc3cc(-n4c(C)ccc4C)nc(-n4c(C)ccc4C)c3)cn2)cc1. The van der Waals surface area contributed by atoms with Crippen LogP contribution in [0.1, 0.15) is 51.5 Å². The van der Waals surface area contributed by atoms with Crippen molar-refractivity contribution in [2.75, 3.05) is 0 Å². The van der Waals surface area contributed by atoms with Crippen molar-refractivity contribution in [2.45, 2.75) is 60.4 Å². The fourth-order valence-corrected chi connectivity index (χ4v) is 5.00. The first kappa shape index (κ1) is 23.9. The summed E-state index contributed by atoms with van der Waals surface area (Å²) in [5, 5.41) is 4.65. The Bertz CT molecular complexity index is 1380. The van der Waals surface area contributed by atoms with E-state index < -0.39 is 0 Å². The van der Waals surface area contributed by atoms with Gasteiger partial charge in [0.25, 0.3) is 0 Å². The van der Waals surface area contributed by atoms with Gasteiger partial charge in [0.15, 0.2) is 0 Å². The highest BCUT2D eigenvalue weighted by Gasteiger charge is 2.13. The first-order chi connectivity index (χ1) is 17.4. The minimum Gasteiger partial charge on any atom is -0.303 e. The standard InChI is InChI=1S/C31H35N5/c1-22-8-14-27(15-9-22)7-6-16-34-21-29(20-32-34)17-28-18-30(35-23(2)10-11-24(35)3)33-31(19-28)36-25(4)12-13-26(36)5/h8-15,18-21H,6-7,16-17H2,1-5H3. The van der Waals surface area contributed by atoms with Gasteiger partial charge in [-0.3, -0.25) is 4.68 Å². The van der Waals surface area contributed by atoms with Crippen molar-refractivity contribution in [3.63, 3.8) is 0 Å². The first-order valence-electron chi connectivity index (χ1n) is 12.8. The second-order valence-corrected chi connectivity index (χ2v) is 9.97. The predicted molar refractivity (Wildman–Crippen MR) is 146 cm³/mol. The fraction of sp³-hybridized carbons (Fsp3) is 0.290. The molecule has 4 aromatic heterocycles. The largest absolute Gasteiger partial charge is 0.303 e. The van der Waals surface area contributed by atoms with Crippen molar-refractivity contribution in [2.24, 2.45) is 0 Å². The lowest BCUT2D eigenvalue weighted by Crippen LogP contribution is -2.09. The zero-order chi connectivity index (χ0) is 25.2. The van der Waals surface area contributed by atoms with Crippen LogP contribution in [0, 0.1) is 34.6 Å². The molecule has 4 heterocycles. The molecule has 0 saturated carbocycles. The summed E-state index contributed by atoms with van der Waals surface area (Å²) in [4.78, 5) is 5.09. The molecule has 0 N–H and O–H groups in total. The van der Waals surface area contributed by atoms with Gasteiger partial charge >= 0.3 is 0 Å². The van der Waals surface area contributed by atoms with E-state index in [1.807, 2.05) is 6.20 Å². The van der Waals surface area contributed by atoms with Crippen molar-refractivity contribution in [3.05, 3.63) is 118 Å². The molecule has 0 spiro atoms. The van der Waals surface area contributed by atoms with Gasteiger partial charge in [0.05, 0.1) is 6.20 Å². The van der Waals surface area contributed by atoms with Crippen molar-refractivity contribution in [1.82, 2.24) is 23.9 Å². The maximum atomic E-state index is 5.09. The third-order valence-corrected chi connectivity index (χ3v) is 6.93. The van der Waals surface area contributed by atoms with Crippen LogP contribution in [0.3, 0.4) is 0 Å². The Balaban J connectivity index is 1.38. The normalized spacial score (nSPS) is 11.4. The molecule has 5 rings (SSSR count). The topological polar surface area (TPSA) is 40.6 Å². The average Bonchev–Trinajstić information content (AvgIpc) is 3.53. The van der Waals surface area contributed by atoms with Crippen LogP contribution < -0.4 is 0 Å². The van der Waals surface area contributed by atoms with Crippen LogP contribution in [0.4, 0.5) is 0 Å². The van der Waals surface area contributed by atoms with Crippen LogP contribution >= 0.6 is 0 Å². The highest BCUT2D eigenvalue weighted by atomic mass is 15.3. The molecule has 0 aliphatic carbocycles. The van der Waals surface area contributed by atoms with E-state index >= 15 is 0 Å². The smallest absolute Gasteiger partial charge is 0.139 e. The van der Waals surface area contributed by atoms with E-state index in [-0.39, 0.29) is 0 Å². The second-order valence-electron chi connectivity index (χ2n) is 9.97. The Labute approximate surface area is 214 Å². The van der Waals surface area contributed by atoms with Crippen molar-refractivity contribution in [1.29, 1.82) is 0 Å². The summed E-state index contributed by atoms with van der Waals surface area (Å²) in [5.41, 5.74) is 9.88. The van der Waals surface area contributed by atoms with Crippen molar-refractivity contribution in [3.8, 4) is 11.6 Å². The summed E-state index contributed by atoms with van der Waals surface area (Å²) in [5.74, 6) is 1.92. The summed E-state index contributed by atoms with van der Waals surface area (Å²) >= 11 is 0. The molecule has 0 saturated heterocycles. The molecule has 184 valence electrons. The van der Waals surface area contributed by atoms with Crippen LogP contribution in [-0.2, 0) is 19.4 Å². The van der Waals surface area contributed by atoms with E-state index in [0.717, 1.165) is 37.4 Å². The molecule has 5 heteroatoms. The highest BCUT2D eigenvalue weighted by Crippen LogP contribution is 2.23. The second kappa shape index (κ2) is 10.0. The number of aromatic nitrogens is 5. The molecule has 0 amide bonds. The Hall–Kier alpha value is -3.86. The van der Waals surface area contributed by atoms with Gasteiger partial charge in [-0.25, -0.2) is 4.98 Å².